The Bertz CT molecular complexity index is 1430. The van der Waals surface area contributed by atoms with Crippen LogP contribution in [-0.2, 0) is 36.5 Å². The molecule has 2 saturated heterocycles. The average molecular weight is 552 g/mol. The fourth-order valence-electron chi connectivity index (χ4n) is 7.66. The van der Waals surface area contributed by atoms with Crippen LogP contribution in [0, 0.1) is 11.8 Å². The van der Waals surface area contributed by atoms with Crippen molar-refractivity contribution in [1.29, 1.82) is 0 Å². The summed E-state index contributed by atoms with van der Waals surface area (Å²) in [6.07, 6.45) is 0.912. The molecular weight excluding hydrogens is 515 g/mol. The van der Waals surface area contributed by atoms with Crippen LogP contribution in [0.2, 0.25) is 0 Å². The lowest BCUT2D eigenvalue weighted by Crippen LogP contribution is -2.43. The minimum atomic E-state index is -4.43. The first kappa shape index (κ1) is 26.0. The van der Waals surface area contributed by atoms with E-state index in [0.717, 1.165) is 55.0 Å². The zero-order valence-electron chi connectivity index (χ0n) is 23.3. The third-order valence-electron chi connectivity index (χ3n) is 9.47. The number of epoxide rings is 1. The molecule has 4 heterocycles. The Morgan fingerprint density at radius 3 is 2.62 bits per heavy atom. The highest BCUT2D eigenvalue weighted by molar-refractivity contribution is 5.58. The van der Waals surface area contributed by atoms with Crippen molar-refractivity contribution in [2.24, 2.45) is 18.9 Å². The van der Waals surface area contributed by atoms with E-state index in [1.54, 1.807) is 6.33 Å². The number of alkyl halides is 3. The summed E-state index contributed by atoms with van der Waals surface area (Å²) in [6, 6.07) is 11.6. The van der Waals surface area contributed by atoms with Gasteiger partial charge in [0.15, 0.2) is 6.23 Å². The topological polar surface area (TPSA) is 49.7 Å². The number of aryl methyl sites for hydroxylation is 1. The fraction of sp³-hybridized carbons (Fsp3) is 0.548. The molecule has 1 aromatic heterocycles. The molecule has 2 aromatic carbocycles. The van der Waals surface area contributed by atoms with Gasteiger partial charge in [-0.25, -0.2) is 0 Å². The molecule has 9 heteroatoms. The predicted octanol–water partition coefficient (Wildman–Crippen LogP) is 6.20. The van der Waals surface area contributed by atoms with Gasteiger partial charge in [-0.3, -0.25) is 4.90 Å². The number of aromatic nitrogens is 3. The van der Waals surface area contributed by atoms with Crippen molar-refractivity contribution in [2.45, 2.75) is 76.5 Å². The molecule has 3 aromatic rings. The Morgan fingerprint density at radius 2 is 1.93 bits per heavy atom. The maximum absolute atomic E-state index is 14.5. The smallest absolute Gasteiger partial charge is 0.343 e. The van der Waals surface area contributed by atoms with Gasteiger partial charge in [-0.15, -0.1) is 10.2 Å². The summed E-state index contributed by atoms with van der Waals surface area (Å²) < 4.78 is 51.5. The Morgan fingerprint density at radius 1 is 1.10 bits per heavy atom. The largest absolute Gasteiger partial charge is 0.416 e. The number of fused-ring (bicyclic) bond motifs is 3. The number of anilines is 1. The molecule has 3 fully saturated rings. The monoisotopic (exact) mass is 551 g/mol. The summed E-state index contributed by atoms with van der Waals surface area (Å²) >= 11 is 0. The molecule has 1 aliphatic carbocycles. The van der Waals surface area contributed by atoms with Crippen molar-refractivity contribution >= 4 is 5.69 Å². The molecule has 0 N–H and O–H groups in total. The number of nitrogens with zero attached hydrogens (tertiary/aromatic N) is 5. The lowest BCUT2D eigenvalue weighted by molar-refractivity contribution is -0.138. The molecule has 3 atom stereocenters. The second-order valence-corrected chi connectivity index (χ2v) is 12.7. The summed E-state index contributed by atoms with van der Waals surface area (Å²) in [4.78, 5) is 4.29. The maximum Gasteiger partial charge on any atom is 0.416 e. The van der Waals surface area contributed by atoms with Gasteiger partial charge in [0.25, 0.3) is 0 Å². The third-order valence-corrected chi connectivity index (χ3v) is 9.47. The Balaban J connectivity index is 1.22. The number of hydrogen-bond donors (Lipinski definition) is 0. The highest BCUT2D eigenvalue weighted by Gasteiger charge is 2.53. The van der Waals surface area contributed by atoms with Crippen molar-refractivity contribution in [2.75, 3.05) is 18.0 Å². The molecular formula is C31H36F3N5O. The number of ether oxygens (including phenoxy) is 1. The maximum atomic E-state index is 14.5. The van der Waals surface area contributed by atoms with Crippen molar-refractivity contribution in [1.82, 2.24) is 19.7 Å². The van der Waals surface area contributed by atoms with Gasteiger partial charge in [-0.05, 0) is 84.5 Å². The summed E-state index contributed by atoms with van der Waals surface area (Å²) in [6.45, 7) is 7.04. The van der Waals surface area contributed by atoms with Crippen LogP contribution in [0.15, 0.2) is 42.7 Å². The van der Waals surface area contributed by atoms with Crippen LogP contribution in [0.1, 0.15) is 79.3 Å². The van der Waals surface area contributed by atoms with E-state index < -0.39 is 11.7 Å². The minimum Gasteiger partial charge on any atom is -0.343 e. The quantitative estimate of drug-likeness (QED) is 0.354. The van der Waals surface area contributed by atoms with Crippen LogP contribution in [0.5, 0.6) is 0 Å². The van der Waals surface area contributed by atoms with E-state index in [-0.39, 0.29) is 24.3 Å². The van der Waals surface area contributed by atoms with Gasteiger partial charge in [0.05, 0.1) is 11.0 Å². The van der Waals surface area contributed by atoms with E-state index in [1.807, 2.05) is 34.7 Å². The number of benzene rings is 2. The number of likely N-dealkylation sites (tertiary alicyclic amines) is 1. The van der Waals surface area contributed by atoms with E-state index in [1.165, 1.54) is 12.5 Å². The number of hydrogen-bond acceptors (Lipinski definition) is 5. The van der Waals surface area contributed by atoms with E-state index in [2.05, 4.69) is 41.1 Å². The normalized spacial score (nSPS) is 30.0. The van der Waals surface area contributed by atoms with Crippen molar-refractivity contribution < 1.29 is 17.9 Å². The second kappa shape index (κ2) is 9.31. The summed E-state index contributed by atoms with van der Waals surface area (Å²) in [5, 5.41) is 8.58. The molecule has 0 amide bonds. The standard InChI is InChI=1S/C31H36F3N5O/c1-19-6-5-9-38(15-19)16-21-10-24-25(26(11-21)31(32,33)34)17-39(28-27(24)40-28)23-8-4-7-22(12-23)30(13-20(2)14-30)29-36-35-18-37(29)3/h4,7-8,10-12,18-20,27-28H,5-6,9,13-17H2,1-3H3/t19-,20?,27?,28?,30?/m0/s1. The first-order valence-corrected chi connectivity index (χ1v) is 14.4. The van der Waals surface area contributed by atoms with Gasteiger partial charge in [0.2, 0.25) is 0 Å². The van der Waals surface area contributed by atoms with Gasteiger partial charge in [-0.2, -0.15) is 13.2 Å². The van der Waals surface area contributed by atoms with Crippen molar-refractivity contribution in [3.63, 3.8) is 0 Å². The molecule has 3 aliphatic heterocycles. The first-order chi connectivity index (χ1) is 19.1. The number of halogens is 3. The predicted molar refractivity (Wildman–Crippen MR) is 146 cm³/mol. The van der Waals surface area contributed by atoms with Crippen LogP contribution >= 0.6 is 0 Å². The molecule has 2 unspecified atom stereocenters. The van der Waals surface area contributed by atoms with Crippen molar-refractivity contribution in [3.05, 3.63) is 76.4 Å². The molecule has 40 heavy (non-hydrogen) atoms. The molecule has 0 radical (unpaired) electrons. The van der Waals surface area contributed by atoms with Gasteiger partial charge in [-0.1, -0.05) is 32.0 Å². The Labute approximate surface area is 233 Å². The summed E-state index contributed by atoms with van der Waals surface area (Å²) in [7, 11) is 1.97. The van der Waals surface area contributed by atoms with Crippen LogP contribution in [-0.4, -0.2) is 39.0 Å². The van der Waals surface area contributed by atoms with Gasteiger partial charge in [0, 0.05) is 32.4 Å². The molecule has 1 saturated carbocycles. The van der Waals surface area contributed by atoms with Crippen LogP contribution < -0.4 is 4.90 Å². The van der Waals surface area contributed by atoms with E-state index in [9.17, 15) is 13.2 Å². The van der Waals surface area contributed by atoms with Crippen LogP contribution in [0.25, 0.3) is 0 Å². The molecule has 4 aliphatic rings. The van der Waals surface area contributed by atoms with Gasteiger partial charge >= 0.3 is 6.18 Å². The van der Waals surface area contributed by atoms with E-state index in [4.69, 9.17) is 4.74 Å². The van der Waals surface area contributed by atoms with Gasteiger partial charge < -0.3 is 14.2 Å². The number of piperidine rings is 1. The molecule has 0 bridgehead atoms. The number of rotatable bonds is 5. The van der Waals surface area contributed by atoms with Crippen LogP contribution in [0.4, 0.5) is 18.9 Å². The lowest BCUT2D eigenvalue weighted by atomic mass is 9.58. The third kappa shape index (κ3) is 4.33. The van der Waals surface area contributed by atoms with Crippen molar-refractivity contribution in [3.8, 4) is 0 Å². The minimum absolute atomic E-state index is 0.170. The second-order valence-electron chi connectivity index (χ2n) is 12.7. The summed E-state index contributed by atoms with van der Waals surface area (Å²) in [5.74, 6) is 2.07. The van der Waals surface area contributed by atoms with Crippen LogP contribution in [0.3, 0.4) is 0 Å². The Hall–Kier alpha value is -2.91. The average Bonchev–Trinajstić information content (AvgIpc) is 3.59. The summed E-state index contributed by atoms with van der Waals surface area (Å²) in [5.41, 5.74) is 3.03. The highest BCUT2D eigenvalue weighted by Crippen LogP contribution is 2.54. The first-order valence-electron chi connectivity index (χ1n) is 14.4. The molecule has 212 valence electrons. The fourth-order valence-corrected chi connectivity index (χ4v) is 7.66. The molecule has 0 spiro atoms. The highest BCUT2D eigenvalue weighted by atomic mass is 19.4. The van der Waals surface area contributed by atoms with E-state index in [0.29, 0.717) is 29.5 Å². The molecule has 7 rings (SSSR count). The Kier molecular flexibility index (Phi) is 6.06. The van der Waals surface area contributed by atoms with Gasteiger partial charge in [0.1, 0.15) is 18.3 Å². The zero-order chi connectivity index (χ0) is 27.8. The molecule has 6 nitrogen and oxygen atoms in total. The SMILES string of the molecule is CC1CC(c2cccc(N3Cc4c(cc(CN5CCC[C@H](C)C5)cc4C(F)(F)F)C4OC43)c2)(c2nncn2C)C1. The van der Waals surface area contributed by atoms with E-state index >= 15 is 0 Å². The zero-order valence-corrected chi connectivity index (χ0v) is 23.3. The lowest BCUT2D eigenvalue weighted by Gasteiger charge is -2.46.